The standard InChI is InChI=1S/C19H18N4O4S/c1-26-17-7-15-16(8-18(17)27-2)22-11-13(9-20)19(15)23-10-12-3-5-14(6-4-12)28(21,24)25/h3-8,11H,10H2,1-2H3,(H,22,23)(H2,21,24,25). The summed E-state index contributed by atoms with van der Waals surface area (Å²) < 4.78 is 33.4. The summed E-state index contributed by atoms with van der Waals surface area (Å²) in [6.07, 6.45) is 1.49. The summed E-state index contributed by atoms with van der Waals surface area (Å²) in [6.45, 7) is 0.368. The topological polar surface area (TPSA) is 127 Å². The van der Waals surface area contributed by atoms with Gasteiger partial charge in [-0.25, -0.2) is 13.6 Å². The van der Waals surface area contributed by atoms with Crippen molar-refractivity contribution in [2.45, 2.75) is 11.4 Å². The average Bonchev–Trinajstić information content (AvgIpc) is 2.70. The number of nitrogens with one attached hydrogen (secondary N) is 1. The van der Waals surface area contributed by atoms with Crippen molar-refractivity contribution in [3.05, 3.63) is 53.7 Å². The van der Waals surface area contributed by atoms with Crippen LogP contribution in [0.3, 0.4) is 0 Å². The second-order valence-electron chi connectivity index (χ2n) is 5.93. The van der Waals surface area contributed by atoms with Crippen LogP contribution in [-0.4, -0.2) is 27.6 Å². The zero-order chi connectivity index (χ0) is 20.3. The smallest absolute Gasteiger partial charge is 0.238 e. The molecule has 0 unspecified atom stereocenters. The highest BCUT2D eigenvalue weighted by Gasteiger charge is 2.14. The normalized spacial score (nSPS) is 11.1. The van der Waals surface area contributed by atoms with E-state index in [9.17, 15) is 13.7 Å². The number of methoxy groups -OCH3 is 2. The lowest BCUT2D eigenvalue weighted by atomic mass is 10.1. The summed E-state index contributed by atoms with van der Waals surface area (Å²) in [6, 6.07) is 11.8. The minimum Gasteiger partial charge on any atom is -0.493 e. The van der Waals surface area contributed by atoms with Gasteiger partial charge in [-0.2, -0.15) is 5.26 Å². The van der Waals surface area contributed by atoms with E-state index in [1.807, 2.05) is 0 Å². The lowest BCUT2D eigenvalue weighted by Crippen LogP contribution is -2.12. The number of hydrogen-bond acceptors (Lipinski definition) is 7. The van der Waals surface area contributed by atoms with Crippen LogP contribution in [0.25, 0.3) is 10.9 Å². The fourth-order valence-corrected chi connectivity index (χ4v) is 3.30. The van der Waals surface area contributed by atoms with Crippen LogP contribution in [0, 0.1) is 11.3 Å². The molecule has 0 bridgehead atoms. The van der Waals surface area contributed by atoms with E-state index < -0.39 is 10.0 Å². The predicted molar refractivity (Wildman–Crippen MR) is 105 cm³/mol. The number of pyridine rings is 1. The first-order chi connectivity index (χ1) is 13.4. The molecule has 0 aliphatic rings. The number of rotatable bonds is 6. The van der Waals surface area contributed by atoms with Crippen molar-refractivity contribution in [2.24, 2.45) is 5.14 Å². The predicted octanol–water partition coefficient (Wildman–Crippen LogP) is 2.38. The van der Waals surface area contributed by atoms with Crippen LogP contribution in [0.15, 0.2) is 47.5 Å². The summed E-state index contributed by atoms with van der Waals surface area (Å²) in [5, 5.41) is 18.5. The number of benzene rings is 2. The highest BCUT2D eigenvalue weighted by molar-refractivity contribution is 7.89. The molecule has 1 aromatic heterocycles. The van der Waals surface area contributed by atoms with Gasteiger partial charge in [0, 0.05) is 24.2 Å². The highest BCUT2D eigenvalue weighted by atomic mass is 32.2. The van der Waals surface area contributed by atoms with Crippen molar-refractivity contribution in [1.82, 2.24) is 4.98 Å². The van der Waals surface area contributed by atoms with E-state index >= 15 is 0 Å². The Balaban J connectivity index is 1.98. The first kappa shape index (κ1) is 19.4. The molecular formula is C19H18N4O4S. The number of ether oxygens (including phenoxy) is 2. The monoisotopic (exact) mass is 398 g/mol. The van der Waals surface area contributed by atoms with E-state index in [-0.39, 0.29) is 4.90 Å². The SMILES string of the molecule is COc1cc2ncc(C#N)c(NCc3ccc(S(N)(=O)=O)cc3)c2cc1OC. The molecule has 1 heterocycles. The van der Waals surface area contributed by atoms with Crippen molar-refractivity contribution in [1.29, 1.82) is 5.26 Å². The average molecular weight is 398 g/mol. The van der Waals surface area contributed by atoms with Crippen molar-refractivity contribution < 1.29 is 17.9 Å². The number of sulfonamides is 1. The van der Waals surface area contributed by atoms with Gasteiger partial charge in [-0.05, 0) is 23.8 Å². The van der Waals surface area contributed by atoms with Gasteiger partial charge in [0.2, 0.25) is 10.0 Å². The maximum atomic E-state index is 11.4. The van der Waals surface area contributed by atoms with E-state index in [0.717, 1.165) is 5.56 Å². The largest absolute Gasteiger partial charge is 0.493 e. The Labute approximate surface area is 162 Å². The Morgan fingerprint density at radius 2 is 1.79 bits per heavy atom. The van der Waals surface area contributed by atoms with Gasteiger partial charge in [0.1, 0.15) is 6.07 Å². The molecule has 2 aromatic carbocycles. The molecule has 0 fully saturated rings. The molecule has 3 N–H and O–H groups in total. The molecule has 0 amide bonds. The molecule has 3 rings (SSSR count). The van der Waals surface area contributed by atoms with Crippen LogP contribution in [-0.2, 0) is 16.6 Å². The molecular weight excluding hydrogens is 380 g/mol. The van der Waals surface area contributed by atoms with Crippen LogP contribution in [0.1, 0.15) is 11.1 Å². The fourth-order valence-electron chi connectivity index (χ4n) is 2.78. The molecule has 28 heavy (non-hydrogen) atoms. The van der Waals surface area contributed by atoms with Crippen LogP contribution in [0.2, 0.25) is 0 Å². The number of nitriles is 1. The summed E-state index contributed by atoms with van der Waals surface area (Å²) in [5.74, 6) is 1.06. The number of fused-ring (bicyclic) bond motifs is 1. The Hall–Kier alpha value is -3.35. The van der Waals surface area contributed by atoms with Crippen molar-refractivity contribution in [3.63, 3.8) is 0 Å². The van der Waals surface area contributed by atoms with Crippen molar-refractivity contribution in [2.75, 3.05) is 19.5 Å². The fraction of sp³-hybridized carbons (Fsp3) is 0.158. The van der Waals surface area contributed by atoms with Gasteiger partial charge in [0.15, 0.2) is 11.5 Å². The van der Waals surface area contributed by atoms with Gasteiger partial charge < -0.3 is 14.8 Å². The second-order valence-corrected chi connectivity index (χ2v) is 7.49. The van der Waals surface area contributed by atoms with E-state index in [2.05, 4.69) is 16.4 Å². The van der Waals surface area contributed by atoms with E-state index in [4.69, 9.17) is 14.6 Å². The highest BCUT2D eigenvalue weighted by Crippen LogP contribution is 2.35. The zero-order valence-corrected chi connectivity index (χ0v) is 16.1. The van der Waals surface area contributed by atoms with Gasteiger partial charge in [-0.3, -0.25) is 4.98 Å². The van der Waals surface area contributed by atoms with Crippen LogP contribution in [0.5, 0.6) is 11.5 Å². The Kier molecular flexibility index (Phi) is 5.35. The van der Waals surface area contributed by atoms with Crippen LogP contribution in [0.4, 0.5) is 5.69 Å². The molecule has 0 spiro atoms. The van der Waals surface area contributed by atoms with Gasteiger partial charge in [0.05, 0.1) is 35.9 Å². The van der Waals surface area contributed by atoms with Gasteiger partial charge >= 0.3 is 0 Å². The minimum absolute atomic E-state index is 0.0418. The number of nitrogens with zero attached hydrogens (tertiary/aromatic N) is 2. The summed E-state index contributed by atoms with van der Waals surface area (Å²) in [7, 11) is -0.665. The third-order valence-corrected chi connectivity index (χ3v) is 5.14. The number of primary sulfonamides is 1. The molecule has 0 saturated heterocycles. The van der Waals surface area contributed by atoms with Crippen LogP contribution < -0.4 is 19.9 Å². The van der Waals surface area contributed by atoms with Gasteiger partial charge in [0.25, 0.3) is 0 Å². The molecule has 8 nitrogen and oxygen atoms in total. The Bertz CT molecular complexity index is 1170. The summed E-state index contributed by atoms with van der Waals surface area (Å²) >= 11 is 0. The number of anilines is 1. The number of hydrogen-bond donors (Lipinski definition) is 2. The third kappa shape index (κ3) is 3.83. The zero-order valence-electron chi connectivity index (χ0n) is 15.3. The first-order valence-corrected chi connectivity index (χ1v) is 9.72. The molecule has 0 radical (unpaired) electrons. The number of aromatic nitrogens is 1. The van der Waals surface area contributed by atoms with Gasteiger partial charge in [-0.1, -0.05) is 12.1 Å². The van der Waals surface area contributed by atoms with E-state index in [1.54, 1.807) is 24.3 Å². The lowest BCUT2D eigenvalue weighted by molar-refractivity contribution is 0.356. The van der Waals surface area contributed by atoms with Gasteiger partial charge in [-0.15, -0.1) is 0 Å². The van der Waals surface area contributed by atoms with Crippen molar-refractivity contribution >= 4 is 26.6 Å². The molecule has 3 aromatic rings. The maximum Gasteiger partial charge on any atom is 0.238 e. The summed E-state index contributed by atoms with van der Waals surface area (Å²) in [4.78, 5) is 4.35. The van der Waals surface area contributed by atoms with Crippen molar-refractivity contribution in [3.8, 4) is 17.6 Å². The minimum atomic E-state index is -3.74. The molecule has 0 saturated carbocycles. The number of nitrogens with two attached hydrogens (primary N) is 1. The summed E-state index contributed by atoms with van der Waals surface area (Å²) in [5.41, 5.74) is 2.44. The first-order valence-electron chi connectivity index (χ1n) is 8.18. The van der Waals surface area contributed by atoms with E-state index in [1.165, 1.54) is 32.5 Å². The quantitative estimate of drug-likeness (QED) is 0.652. The van der Waals surface area contributed by atoms with E-state index in [0.29, 0.717) is 40.2 Å². The molecule has 0 aliphatic heterocycles. The molecule has 144 valence electrons. The lowest BCUT2D eigenvalue weighted by Gasteiger charge is -2.14. The molecule has 9 heteroatoms. The third-order valence-electron chi connectivity index (χ3n) is 4.21. The molecule has 0 aliphatic carbocycles. The Morgan fingerprint density at radius 3 is 2.36 bits per heavy atom. The Morgan fingerprint density at radius 1 is 1.14 bits per heavy atom. The maximum absolute atomic E-state index is 11.4. The second kappa shape index (κ2) is 7.72. The molecule has 0 atom stereocenters. The van der Waals surface area contributed by atoms with Crippen LogP contribution >= 0.6 is 0 Å².